The molecule has 0 aliphatic heterocycles. The Morgan fingerprint density at radius 3 is 2.37 bits per heavy atom. The number of ether oxygens (including phenoxy) is 2. The van der Waals surface area contributed by atoms with Crippen molar-refractivity contribution in [1.82, 2.24) is 4.57 Å². The maximum atomic E-state index is 12.7. The van der Waals surface area contributed by atoms with Crippen molar-refractivity contribution in [2.24, 2.45) is 0 Å². The van der Waals surface area contributed by atoms with Crippen molar-refractivity contribution in [3.63, 3.8) is 0 Å². The van der Waals surface area contributed by atoms with Crippen LogP contribution >= 0.6 is 11.6 Å². The first-order chi connectivity index (χ1) is 13.1. The molecule has 6 heteroatoms. The van der Waals surface area contributed by atoms with Crippen LogP contribution in [-0.2, 0) is 4.79 Å². The number of hydrogen-bond donors (Lipinski definition) is 1. The van der Waals surface area contributed by atoms with Gasteiger partial charge in [0.15, 0.2) is 0 Å². The number of carbonyl (C=O) groups is 1. The minimum atomic E-state index is -0.125. The Kier molecular flexibility index (Phi) is 6.04. The molecule has 0 fully saturated rings. The van der Waals surface area contributed by atoms with Crippen LogP contribution in [0.4, 0.5) is 5.69 Å². The van der Waals surface area contributed by atoms with Crippen LogP contribution < -0.4 is 14.8 Å². The lowest BCUT2D eigenvalue weighted by atomic mass is 10.0. The number of aromatic nitrogens is 1. The number of rotatable bonds is 7. The average molecular weight is 385 g/mol. The predicted molar refractivity (Wildman–Crippen MR) is 107 cm³/mol. The SMILES string of the molecule is COc1ccc(C(CC(=O)Nc2ccc(OC)c(Cl)c2)n2cccc2)cc1. The van der Waals surface area contributed by atoms with Crippen molar-refractivity contribution in [3.8, 4) is 11.5 Å². The molecule has 1 atom stereocenters. The second-order valence-electron chi connectivity index (χ2n) is 6.02. The minimum Gasteiger partial charge on any atom is -0.497 e. The Hall–Kier alpha value is -2.92. The van der Waals surface area contributed by atoms with Crippen LogP contribution in [0, 0.1) is 0 Å². The van der Waals surface area contributed by atoms with Crippen LogP contribution in [0.1, 0.15) is 18.0 Å². The van der Waals surface area contributed by atoms with E-state index in [0.717, 1.165) is 11.3 Å². The molecule has 2 aromatic carbocycles. The molecule has 0 radical (unpaired) electrons. The van der Waals surface area contributed by atoms with Crippen LogP contribution in [-0.4, -0.2) is 24.7 Å². The lowest BCUT2D eigenvalue weighted by Gasteiger charge is -2.20. The van der Waals surface area contributed by atoms with Gasteiger partial charge in [-0.15, -0.1) is 0 Å². The van der Waals surface area contributed by atoms with Gasteiger partial charge in [0.2, 0.25) is 5.91 Å². The molecule has 5 nitrogen and oxygen atoms in total. The summed E-state index contributed by atoms with van der Waals surface area (Å²) < 4.78 is 12.4. The number of amides is 1. The fourth-order valence-corrected chi connectivity index (χ4v) is 3.17. The summed E-state index contributed by atoms with van der Waals surface area (Å²) in [5.41, 5.74) is 1.65. The number of halogens is 1. The molecule has 3 rings (SSSR count). The quantitative estimate of drug-likeness (QED) is 0.638. The number of carbonyl (C=O) groups excluding carboxylic acids is 1. The topological polar surface area (TPSA) is 52.5 Å². The molecule has 3 aromatic rings. The lowest BCUT2D eigenvalue weighted by Crippen LogP contribution is -2.19. The number of anilines is 1. The van der Waals surface area contributed by atoms with Gasteiger partial charge >= 0.3 is 0 Å². The van der Waals surface area contributed by atoms with E-state index in [-0.39, 0.29) is 18.4 Å². The number of nitrogens with zero attached hydrogens (tertiary/aromatic N) is 1. The van der Waals surface area contributed by atoms with Crippen molar-refractivity contribution in [3.05, 3.63) is 77.6 Å². The molecule has 0 saturated carbocycles. The standard InChI is InChI=1S/C21H21ClN2O3/c1-26-17-8-5-15(6-9-17)19(24-11-3-4-12-24)14-21(25)23-16-7-10-20(27-2)18(22)13-16/h3-13,19H,14H2,1-2H3,(H,23,25). The van der Waals surface area contributed by atoms with Gasteiger partial charge < -0.3 is 19.4 Å². The molecule has 0 bridgehead atoms. The Morgan fingerprint density at radius 2 is 1.78 bits per heavy atom. The van der Waals surface area contributed by atoms with Crippen molar-refractivity contribution in [2.75, 3.05) is 19.5 Å². The number of benzene rings is 2. The van der Waals surface area contributed by atoms with Crippen molar-refractivity contribution in [1.29, 1.82) is 0 Å². The Bertz CT molecular complexity index is 892. The third kappa shape index (κ3) is 4.63. The van der Waals surface area contributed by atoms with Crippen molar-refractivity contribution >= 4 is 23.2 Å². The molecule has 1 amide bonds. The zero-order chi connectivity index (χ0) is 19.2. The summed E-state index contributed by atoms with van der Waals surface area (Å²) in [7, 11) is 3.18. The number of methoxy groups -OCH3 is 2. The molecular formula is C21H21ClN2O3. The zero-order valence-electron chi connectivity index (χ0n) is 15.2. The summed E-state index contributed by atoms with van der Waals surface area (Å²) in [6.45, 7) is 0. The normalized spacial score (nSPS) is 11.7. The van der Waals surface area contributed by atoms with E-state index in [1.807, 2.05) is 53.4 Å². The van der Waals surface area contributed by atoms with Crippen LogP contribution in [0.3, 0.4) is 0 Å². The van der Waals surface area contributed by atoms with Crippen LogP contribution in [0.2, 0.25) is 5.02 Å². The predicted octanol–water partition coefficient (Wildman–Crippen LogP) is 4.78. The fourth-order valence-electron chi connectivity index (χ4n) is 2.91. The van der Waals surface area contributed by atoms with Crippen LogP contribution in [0.25, 0.3) is 0 Å². The average Bonchev–Trinajstić information content (AvgIpc) is 3.21. The minimum absolute atomic E-state index is 0.106. The second kappa shape index (κ2) is 8.64. The summed E-state index contributed by atoms with van der Waals surface area (Å²) in [6.07, 6.45) is 4.18. The molecule has 1 heterocycles. The molecule has 27 heavy (non-hydrogen) atoms. The highest BCUT2D eigenvalue weighted by Crippen LogP contribution is 2.28. The van der Waals surface area contributed by atoms with Crippen LogP contribution in [0.5, 0.6) is 11.5 Å². The van der Waals surface area contributed by atoms with E-state index in [1.54, 1.807) is 32.4 Å². The summed E-state index contributed by atoms with van der Waals surface area (Å²) in [6, 6.07) is 16.7. The molecule has 1 aromatic heterocycles. The lowest BCUT2D eigenvalue weighted by molar-refractivity contribution is -0.116. The molecule has 1 N–H and O–H groups in total. The summed E-state index contributed by atoms with van der Waals surface area (Å²) in [4.78, 5) is 12.7. The third-order valence-corrected chi connectivity index (χ3v) is 4.60. The van der Waals surface area contributed by atoms with Gasteiger partial charge in [0.1, 0.15) is 11.5 Å². The molecule has 140 valence electrons. The van der Waals surface area contributed by atoms with Gasteiger partial charge in [-0.1, -0.05) is 23.7 Å². The van der Waals surface area contributed by atoms with Crippen molar-refractivity contribution in [2.45, 2.75) is 12.5 Å². The molecule has 0 aliphatic carbocycles. The fraction of sp³-hybridized carbons (Fsp3) is 0.190. The molecule has 0 saturated heterocycles. The Morgan fingerprint density at radius 1 is 1.07 bits per heavy atom. The van der Waals surface area contributed by atoms with Crippen molar-refractivity contribution < 1.29 is 14.3 Å². The van der Waals surface area contributed by atoms with E-state index in [2.05, 4.69) is 5.32 Å². The third-order valence-electron chi connectivity index (χ3n) is 4.30. The van der Waals surface area contributed by atoms with Gasteiger partial charge in [-0.05, 0) is 48.0 Å². The van der Waals surface area contributed by atoms with Gasteiger partial charge in [-0.25, -0.2) is 0 Å². The Balaban J connectivity index is 1.77. The van der Waals surface area contributed by atoms with Gasteiger partial charge in [-0.3, -0.25) is 4.79 Å². The highest BCUT2D eigenvalue weighted by molar-refractivity contribution is 6.32. The zero-order valence-corrected chi connectivity index (χ0v) is 15.9. The Labute approximate surface area is 163 Å². The molecule has 1 unspecified atom stereocenters. The van der Waals surface area contributed by atoms with E-state index < -0.39 is 0 Å². The highest BCUT2D eigenvalue weighted by Gasteiger charge is 2.18. The smallest absolute Gasteiger partial charge is 0.226 e. The molecular weight excluding hydrogens is 364 g/mol. The summed E-state index contributed by atoms with van der Waals surface area (Å²) in [5, 5.41) is 3.35. The molecule has 0 aliphatic rings. The van der Waals surface area contributed by atoms with Crippen LogP contribution in [0.15, 0.2) is 67.0 Å². The van der Waals surface area contributed by atoms with E-state index in [4.69, 9.17) is 21.1 Å². The number of nitrogens with one attached hydrogen (secondary N) is 1. The largest absolute Gasteiger partial charge is 0.497 e. The van der Waals surface area contributed by atoms with E-state index in [9.17, 15) is 4.79 Å². The van der Waals surface area contributed by atoms with Gasteiger partial charge in [0, 0.05) is 18.1 Å². The second-order valence-corrected chi connectivity index (χ2v) is 6.43. The molecule has 0 spiro atoms. The summed E-state index contributed by atoms with van der Waals surface area (Å²) >= 11 is 6.13. The van der Waals surface area contributed by atoms with E-state index >= 15 is 0 Å². The summed E-state index contributed by atoms with van der Waals surface area (Å²) in [5.74, 6) is 1.24. The van der Waals surface area contributed by atoms with Gasteiger partial charge in [0.05, 0.1) is 31.7 Å². The van der Waals surface area contributed by atoms with E-state index in [0.29, 0.717) is 16.5 Å². The first kappa shape index (κ1) is 18.9. The maximum Gasteiger partial charge on any atom is 0.226 e. The number of hydrogen-bond acceptors (Lipinski definition) is 3. The monoisotopic (exact) mass is 384 g/mol. The first-order valence-electron chi connectivity index (χ1n) is 8.50. The van der Waals surface area contributed by atoms with E-state index in [1.165, 1.54) is 0 Å². The van der Waals surface area contributed by atoms with Gasteiger partial charge in [-0.2, -0.15) is 0 Å². The first-order valence-corrected chi connectivity index (χ1v) is 8.88. The highest BCUT2D eigenvalue weighted by atomic mass is 35.5. The maximum absolute atomic E-state index is 12.7. The van der Waals surface area contributed by atoms with Gasteiger partial charge in [0.25, 0.3) is 0 Å².